The van der Waals surface area contributed by atoms with Gasteiger partial charge in [-0.15, -0.1) is 13.2 Å². The number of alkyl halides is 3. The normalized spacial score (nSPS) is 16.8. The molecular formula is C30H25F3N4OS. The van der Waals surface area contributed by atoms with E-state index in [0.29, 0.717) is 16.7 Å². The lowest BCUT2D eigenvalue weighted by molar-refractivity contribution is -0.274. The van der Waals surface area contributed by atoms with Gasteiger partial charge in [0.1, 0.15) is 12.1 Å². The molecular weight excluding hydrogens is 521 g/mol. The average Bonchev–Trinajstić information content (AvgIpc) is 3.51. The van der Waals surface area contributed by atoms with Crippen molar-refractivity contribution in [1.82, 2.24) is 14.9 Å². The van der Waals surface area contributed by atoms with Crippen molar-refractivity contribution in [3.8, 4) is 11.4 Å². The number of aromatic nitrogens is 2. The third kappa shape index (κ3) is 5.14. The maximum absolute atomic E-state index is 12.5. The zero-order valence-corrected chi connectivity index (χ0v) is 22.0. The van der Waals surface area contributed by atoms with E-state index in [0.717, 1.165) is 45.0 Å². The minimum atomic E-state index is -4.72. The van der Waals surface area contributed by atoms with Gasteiger partial charge in [0.15, 0.2) is 5.11 Å². The highest BCUT2D eigenvalue weighted by molar-refractivity contribution is 7.80. The first kappa shape index (κ1) is 25.2. The van der Waals surface area contributed by atoms with Crippen LogP contribution in [0.3, 0.4) is 0 Å². The van der Waals surface area contributed by atoms with Crippen molar-refractivity contribution in [2.75, 3.05) is 5.32 Å². The summed E-state index contributed by atoms with van der Waals surface area (Å²) >= 11 is 5.59. The number of imidazole rings is 1. The van der Waals surface area contributed by atoms with Crippen molar-refractivity contribution in [1.29, 1.82) is 0 Å². The van der Waals surface area contributed by atoms with Gasteiger partial charge in [-0.3, -0.25) is 4.57 Å². The van der Waals surface area contributed by atoms with Crippen LogP contribution in [0.5, 0.6) is 5.75 Å². The van der Waals surface area contributed by atoms with Crippen molar-refractivity contribution >= 4 is 44.8 Å². The number of benzene rings is 4. The lowest BCUT2D eigenvalue weighted by atomic mass is 10.0. The molecule has 1 heterocycles. The number of nitrogens with zero attached hydrogens (tertiary/aromatic N) is 2. The van der Waals surface area contributed by atoms with Crippen molar-refractivity contribution in [2.24, 2.45) is 0 Å². The van der Waals surface area contributed by atoms with Crippen LogP contribution >= 0.6 is 12.2 Å². The summed E-state index contributed by atoms with van der Waals surface area (Å²) in [5.74, 6) is 0.112. The first-order valence-electron chi connectivity index (χ1n) is 12.6. The topological polar surface area (TPSA) is 51.1 Å². The number of anilines is 1. The predicted molar refractivity (Wildman–Crippen MR) is 152 cm³/mol. The summed E-state index contributed by atoms with van der Waals surface area (Å²) in [4.78, 5) is 4.62. The summed E-state index contributed by atoms with van der Waals surface area (Å²) in [5.41, 5.74) is 7.00. The number of halogens is 3. The van der Waals surface area contributed by atoms with E-state index in [9.17, 15) is 13.2 Å². The Balaban J connectivity index is 1.18. The van der Waals surface area contributed by atoms with Gasteiger partial charge in [0.05, 0.1) is 11.0 Å². The van der Waals surface area contributed by atoms with E-state index in [1.54, 1.807) is 18.5 Å². The fourth-order valence-corrected chi connectivity index (χ4v) is 5.38. The van der Waals surface area contributed by atoms with E-state index in [1.807, 2.05) is 16.7 Å². The van der Waals surface area contributed by atoms with Crippen LogP contribution in [0.2, 0.25) is 0 Å². The van der Waals surface area contributed by atoms with Crippen molar-refractivity contribution < 1.29 is 17.9 Å². The number of hydrogen-bond acceptors (Lipinski definition) is 3. The first-order chi connectivity index (χ1) is 18.7. The van der Waals surface area contributed by atoms with Crippen LogP contribution in [0.1, 0.15) is 29.0 Å². The fraction of sp³-hybridized carbons (Fsp3) is 0.200. The molecule has 0 bridgehead atoms. The Hall–Kier alpha value is -4.11. The highest BCUT2D eigenvalue weighted by Gasteiger charge is 2.39. The third-order valence-electron chi connectivity index (χ3n) is 7.16. The summed E-state index contributed by atoms with van der Waals surface area (Å²) in [6, 6.07) is 22.7. The molecule has 0 radical (unpaired) electrons. The second-order valence-corrected chi connectivity index (χ2v) is 10.3. The van der Waals surface area contributed by atoms with Gasteiger partial charge in [-0.05, 0) is 84.9 Å². The minimum absolute atomic E-state index is 0.261. The van der Waals surface area contributed by atoms with E-state index in [-0.39, 0.29) is 11.8 Å². The summed E-state index contributed by atoms with van der Waals surface area (Å²) < 4.78 is 43.3. The zero-order chi connectivity index (χ0) is 27.3. The summed E-state index contributed by atoms with van der Waals surface area (Å²) in [7, 11) is 0. The Morgan fingerprint density at radius 1 is 1.00 bits per heavy atom. The van der Waals surface area contributed by atoms with Crippen LogP contribution in [0.4, 0.5) is 18.9 Å². The fourth-order valence-electron chi connectivity index (χ4n) is 5.13. The molecule has 9 heteroatoms. The molecule has 2 atom stereocenters. The Kier molecular flexibility index (Phi) is 6.18. The Morgan fingerprint density at radius 3 is 2.46 bits per heavy atom. The van der Waals surface area contributed by atoms with Crippen LogP contribution in [0.25, 0.3) is 27.5 Å². The molecule has 6 rings (SSSR count). The second-order valence-electron chi connectivity index (χ2n) is 9.88. The number of para-hydroxylation sites is 1. The first-order valence-corrected chi connectivity index (χ1v) is 13.0. The minimum Gasteiger partial charge on any atom is -0.406 e. The van der Waals surface area contributed by atoms with Crippen LogP contribution in [-0.4, -0.2) is 27.1 Å². The molecule has 0 aliphatic heterocycles. The largest absolute Gasteiger partial charge is 0.573 e. The maximum atomic E-state index is 12.5. The lowest BCUT2D eigenvalue weighted by Gasteiger charge is -2.15. The molecule has 2 unspecified atom stereocenters. The Bertz CT molecular complexity index is 1690. The van der Waals surface area contributed by atoms with E-state index >= 15 is 0 Å². The number of fused-ring (bicyclic) bond motifs is 3. The van der Waals surface area contributed by atoms with Crippen molar-refractivity contribution in [3.05, 3.63) is 95.8 Å². The molecule has 0 saturated heterocycles. The van der Waals surface area contributed by atoms with E-state index < -0.39 is 6.36 Å². The smallest absolute Gasteiger partial charge is 0.406 e. The van der Waals surface area contributed by atoms with Crippen LogP contribution in [-0.2, 0) is 0 Å². The molecule has 1 saturated carbocycles. The Morgan fingerprint density at radius 2 is 1.74 bits per heavy atom. The zero-order valence-electron chi connectivity index (χ0n) is 21.2. The number of ether oxygens (including phenoxy) is 1. The average molecular weight is 547 g/mol. The monoisotopic (exact) mass is 546 g/mol. The number of nitrogens with one attached hydrogen (secondary N) is 2. The van der Waals surface area contributed by atoms with Gasteiger partial charge in [0, 0.05) is 28.7 Å². The summed E-state index contributed by atoms with van der Waals surface area (Å²) in [6.07, 6.45) is -2.03. The van der Waals surface area contributed by atoms with E-state index in [1.165, 1.54) is 17.7 Å². The standard InChI is InChI=1S/C30H25F3N4OS/c1-17-4-3-5-18(2)27(17)36-29(39)35-25-15-24(25)20-6-12-23-19(14-20)7-13-26-28(23)34-16-37(26)21-8-10-22(11-9-21)38-30(31,32)33/h3-14,16,24-25H,15H2,1-2H3,(H2,35,36,39). The quantitative estimate of drug-likeness (QED) is 0.223. The molecule has 198 valence electrons. The van der Waals surface area contributed by atoms with Crippen LogP contribution in [0.15, 0.2) is 79.1 Å². The highest BCUT2D eigenvalue weighted by atomic mass is 32.1. The maximum Gasteiger partial charge on any atom is 0.573 e. The molecule has 4 aromatic carbocycles. The molecule has 1 aliphatic rings. The number of hydrogen-bond donors (Lipinski definition) is 2. The summed E-state index contributed by atoms with van der Waals surface area (Å²) in [6.45, 7) is 4.13. The Labute approximate surface area is 228 Å². The molecule has 1 aliphatic carbocycles. The number of rotatable bonds is 5. The van der Waals surface area contributed by atoms with Gasteiger partial charge in [-0.25, -0.2) is 4.98 Å². The molecule has 0 amide bonds. The molecule has 0 spiro atoms. The van der Waals surface area contributed by atoms with Crippen molar-refractivity contribution in [3.63, 3.8) is 0 Å². The number of aryl methyl sites for hydroxylation is 2. The van der Waals surface area contributed by atoms with Crippen molar-refractivity contribution in [2.45, 2.75) is 38.6 Å². The predicted octanol–water partition coefficient (Wildman–Crippen LogP) is 7.54. The molecule has 5 nitrogen and oxygen atoms in total. The van der Waals surface area contributed by atoms with Gasteiger partial charge in [0.2, 0.25) is 0 Å². The van der Waals surface area contributed by atoms with Crippen LogP contribution < -0.4 is 15.4 Å². The van der Waals surface area contributed by atoms with Gasteiger partial charge in [-0.1, -0.05) is 42.5 Å². The van der Waals surface area contributed by atoms with Gasteiger partial charge >= 0.3 is 6.36 Å². The van der Waals surface area contributed by atoms with Gasteiger partial charge < -0.3 is 15.4 Å². The van der Waals surface area contributed by atoms with Gasteiger partial charge in [0.25, 0.3) is 0 Å². The molecule has 2 N–H and O–H groups in total. The van der Waals surface area contributed by atoms with Crippen LogP contribution in [0, 0.1) is 13.8 Å². The van der Waals surface area contributed by atoms with Gasteiger partial charge in [-0.2, -0.15) is 0 Å². The SMILES string of the molecule is Cc1cccc(C)c1NC(=S)NC1CC1c1ccc2c(ccc3c2ncn3-c2ccc(OC(F)(F)F)cc2)c1. The molecule has 1 fully saturated rings. The summed E-state index contributed by atoms with van der Waals surface area (Å²) in [5, 5.41) is 9.54. The van der Waals surface area contributed by atoms with E-state index in [4.69, 9.17) is 12.2 Å². The lowest BCUT2D eigenvalue weighted by Crippen LogP contribution is -2.31. The van der Waals surface area contributed by atoms with E-state index in [2.05, 4.69) is 70.6 Å². The molecule has 5 aromatic rings. The number of thiocarbonyl (C=S) groups is 1. The molecule has 39 heavy (non-hydrogen) atoms. The second kappa shape index (κ2) is 9.57. The third-order valence-corrected chi connectivity index (χ3v) is 7.38. The molecule has 1 aromatic heterocycles. The highest BCUT2D eigenvalue weighted by Crippen LogP contribution is 2.42.